The first-order valence-corrected chi connectivity index (χ1v) is 34.4. The average molecular weight is 1400 g/mol. The number of nitrogens with two attached hydrogens (primary N) is 1. The molecule has 2 aromatic carbocycles. The van der Waals surface area contributed by atoms with Gasteiger partial charge in [-0.15, -0.1) is 0 Å². The summed E-state index contributed by atoms with van der Waals surface area (Å²) in [6.45, 7) is 21.0. The second kappa shape index (κ2) is 40.4. The van der Waals surface area contributed by atoms with E-state index in [4.69, 9.17) is 34.2 Å². The summed E-state index contributed by atoms with van der Waals surface area (Å²) < 4.78 is 34.3. The highest BCUT2D eigenvalue weighted by Crippen LogP contribution is 2.34. The Balaban J connectivity index is 1.45. The third-order valence-electron chi connectivity index (χ3n) is 18.7. The molecule has 0 aliphatic carbocycles. The van der Waals surface area contributed by atoms with Crippen LogP contribution >= 0.6 is 0 Å². The SMILES string of the molecule is CCOCCC(C)(C)C(=O)NCCCCC(N)C(=O)NCCC(=O)Nc1cc(COC(=O)N(C)C(C(=O)NC(C(=O)N(C)C(C(C)CC)C(CC(=O)N2CCCC2C(OC)C(C)C(=O)NC(C)C(O)c2ccccc2)OC)C(C)C)C(C)C)ccc1O[C@@H]1O[C@H](C(=O)O)[C@@H](O)[C@H](O)[C@H]1O. The number of carboxylic acids is 1. The zero-order valence-corrected chi connectivity index (χ0v) is 60.4. The fraction of sp³-hybridized carbons (Fsp3) is 0.700. The number of methoxy groups -OCH3 is 2. The average Bonchev–Trinajstić information content (AvgIpc) is 1.65. The summed E-state index contributed by atoms with van der Waals surface area (Å²) in [7, 11) is 5.93. The Hall–Kier alpha value is -7.09. The zero-order chi connectivity index (χ0) is 74.2. The molecular formula is C70H113N9O20. The van der Waals surface area contributed by atoms with Gasteiger partial charge in [0.05, 0.1) is 60.5 Å². The maximum atomic E-state index is 14.9. The summed E-state index contributed by atoms with van der Waals surface area (Å²) in [5.74, 6) is -6.94. The second-order valence-corrected chi connectivity index (χ2v) is 27.3. The van der Waals surface area contributed by atoms with Crippen molar-refractivity contribution < 1.29 is 97.1 Å². The number of carbonyl (C=O) groups excluding carboxylic acids is 8. The van der Waals surface area contributed by atoms with Crippen LogP contribution in [0.3, 0.4) is 0 Å². The number of aliphatic hydroxyl groups is 4. The van der Waals surface area contributed by atoms with Crippen LogP contribution in [0.1, 0.15) is 151 Å². The van der Waals surface area contributed by atoms with E-state index < -0.39 is 151 Å². The molecule has 0 spiro atoms. The van der Waals surface area contributed by atoms with E-state index in [9.17, 15) is 68.7 Å². The van der Waals surface area contributed by atoms with Gasteiger partial charge >= 0.3 is 12.1 Å². The van der Waals surface area contributed by atoms with Gasteiger partial charge in [-0.25, -0.2) is 9.59 Å². The number of ether oxygens (including phenoxy) is 6. The number of benzene rings is 2. The molecule has 2 aliphatic rings. The van der Waals surface area contributed by atoms with Crippen molar-refractivity contribution in [2.75, 3.05) is 66.5 Å². The molecule has 0 saturated carbocycles. The molecule has 0 aromatic heterocycles. The van der Waals surface area contributed by atoms with Crippen molar-refractivity contribution in [1.82, 2.24) is 36.0 Å². The molecule has 0 bridgehead atoms. The molecule has 2 saturated heterocycles. The minimum absolute atomic E-state index is 0.114. The van der Waals surface area contributed by atoms with E-state index in [0.29, 0.717) is 76.8 Å². The first kappa shape index (κ1) is 84.3. The molecule has 0 radical (unpaired) electrons. The van der Waals surface area contributed by atoms with Crippen LogP contribution in [0, 0.1) is 29.1 Å². The Morgan fingerprint density at radius 2 is 1.48 bits per heavy atom. The van der Waals surface area contributed by atoms with Crippen molar-refractivity contribution in [1.29, 1.82) is 0 Å². The number of amides is 8. The van der Waals surface area contributed by atoms with Gasteiger partial charge in [-0.05, 0) is 93.4 Å². The number of unbranched alkanes of at least 4 members (excludes halogenated alkanes) is 1. The molecule has 29 nitrogen and oxygen atoms in total. The lowest BCUT2D eigenvalue weighted by Gasteiger charge is -2.41. The molecule has 29 heteroatoms. The molecule has 2 aromatic rings. The molecular weight excluding hydrogens is 1290 g/mol. The predicted octanol–water partition coefficient (Wildman–Crippen LogP) is 3.36. The lowest BCUT2D eigenvalue weighted by atomic mass is 9.88. The predicted molar refractivity (Wildman–Crippen MR) is 366 cm³/mol. The normalized spacial score (nSPS) is 20.9. The van der Waals surface area contributed by atoms with Crippen LogP contribution in [0.4, 0.5) is 10.5 Å². The van der Waals surface area contributed by atoms with Crippen molar-refractivity contribution in [2.45, 2.75) is 226 Å². The van der Waals surface area contributed by atoms with Gasteiger partial charge in [-0.2, -0.15) is 0 Å². The van der Waals surface area contributed by atoms with Gasteiger partial charge in [0.15, 0.2) is 6.10 Å². The van der Waals surface area contributed by atoms with Gasteiger partial charge < -0.3 is 96.1 Å². The number of likely N-dealkylation sites (tertiary alicyclic amines) is 1. The Bertz CT molecular complexity index is 2940. The van der Waals surface area contributed by atoms with Crippen LogP contribution in [-0.4, -0.2) is 234 Å². The second-order valence-electron chi connectivity index (χ2n) is 27.3. The largest absolute Gasteiger partial charge is 0.479 e. The molecule has 16 atom stereocenters. The lowest BCUT2D eigenvalue weighted by molar-refractivity contribution is -0.271. The Morgan fingerprint density at radius 1 is 0.808 bits per heavy atom. The van der Waals surface area contributed by atoms with Crippen LogP contribution in [0.25, 0.3) is 0 Å². The number of aliphatic carboxylic acids is 1. The zero-order valence-electron chi connectivity index (χ0n) is 60.4. The fourth-order valence-corrected chi connectivity index (χ4v) is 12.4. The number of nitrogens with one attached hydrogen (secondary N) is 5. The number of anilines is 1. The van der Waals surface area contributed by atoms with Crippen LogP contribution in [-0.2, 0) is 68.6 Å². The Kier molecular flexibility index (Phi) is 34.4. The topological polar surface area (TPSA) is 406 Å². The number of carboxylic acid groups (broad SMARTS) is 1. The highest BCUT2D eigenvalue weighted by atomic mass is 16.7. The third-order valence-corrected chi connectivity index (χ3v) is 18.7. The monoisotopic (exact) mass is 1400 g/mol. The van der Waals surface area contributed by atoms with Crippen molar-refractivity contribution in [3.63, 3.8) is 0 Å². The lowest BCUT2D eigenvalue weighted by Crippen LogP contribution is -2.61. The smallest absolute Gasteiger partial charge is 0.410 e. The maximum Gasteiger partial charge on any atom is 0.410 e. The van der Waals surface area contributed by atoms with Gasteiger partial charge in [0.1, 0.15) is 42.8 Å². The first-order chi connectivity index (χ1) is 46.7. The van der Waals surface area contributed by atoms with Gasteiger partial charge in [0.25, 0.3) is 0 Å². The Morgan fingerprint density at radius 3 is 2.09 bits per heavy atom. The first-order valence-electron chi connectivity index (χ1n) is 34.4. The fourth-order valence-electron chi connectivity index (χ4n) is 12.4. The van der Waals surface area contributed by atoms with E-state index in [-0.39, 0.29) is 60.0 Å². The summed E-state index contributed by atoms with van der Waals surface area (Å²) >= 11 is 0. The highest BCUT2D eigenvalue weighted by Gasteiger charge is 2.49. The molecule has 99 heavy (non-hydrogen) atoms. The van der Waals surface area contributed by atoms with Crippen LogP contribution in [0.5, 0.6) is 5.75 Å². The van der Waals surface area contributed by atoms with Crippen molar-refractivity contribution in [3.05, 3.63) is 59.7 Å². The van der Waals surface area contributed by atoms with Crippen LogP contribution in [0.15, 0.2) is 48.5 Å². The van der Waals surface area contributed by atoms with Crippen molar-refractivity contribution >= 4 is 59.1 Å². The van der Waals surface area contributed by atoms with Crippen molar-refractivity contribution in [3.8, 4) is 5.75 Å². The summed E-state index contributed by atoms with van der Waals surface area (Å²) in [5, 5.41) is 66.3. The summed E-state index contributed by atoms with van der Waals surface area (Å²) in [4.78, 5) is 127. The number of aliphatic hydroxyl groups excluding tert-OH is 4. The van der Waals surface area contributed by atoms with Gasteiger partial charge in [-0.3, -0.25) is 38.5 Å². The number of hydrogen-bond donors (Lipinski definition) is 11. The van der Waals surface area contributed by atoms with E-state index in [1.54, 1.807) is 77.8 Å². The summed E-state index contributed by atoms with van der Waals surface area (Å²) in [5.41, 5.74) is 6.30. The van der Waals surface area contributed by atoms with E-state index in [1.165, 1.54) is 44.4 Å². The summed E-state index contributed by atoms with van der Waals surface area (Å²) in [6.07, 6.45) is -10.1. The molecule has 558 valence electrons. The molecule has 11 unspecified atom stereocenters. The van der Waals surface area contributed by atoms with Gasteiger partial charge in [0, 0.05) is 73.0 Å². The quantitative estimate of drug-likeness (QED) is 0.0426. The number of rotatable bonds is 40. The van der Waals surface area contributed by atoms with E-state index in [1.807, 2.05) is 40.7 Å². The Labute approximate surface area is 582 Å². The van der Waals surface area contributed by atoms with E-state index in [2.05, 4.69) is 26.6 Å². The minimum Gasteiger partial charge on any atom is -0.479 e. The standard InChI is InChI=1S/C70H113N9O20/c1-16-41(7)55(50(94-14)37-52(81)79-34-23-27-48(79)60(95-15)42(8)62(86)74-43(9)56(82)45-24-19-18-20-25-45)77(12)65(89)53(39(3)4)76-64(88)54(40(5)6)78(13)69(93)97-38-44-28-29-49(98-67-59(85)57(83)58(84)61(99-67)66(90)91)47(36-44)75-51(80)30-33-72-63(87)46(71)26-21-22-32-73-68(92)70(10,11)31-35-96-17-2/h18-20,24-25,28-29,36,39-43,46,48,50,53-61,67,82-85H,16-17,21-23,26-27,30-35,37-38,71H2,1-15H3,(H,72,87)(H,73,92)(H,74,86)(H,75,80)(H,76,88)(H,90,91)/t41?,42?,43?,46?,48?,50?,53?,54?,55?,56?,57-,58-,59+,60?,61-,67+/m0/s1. The van der Waals surface area contributed by atoms with Crippen LogP contribution < -0.4 is 37.1 Å². The summed E-state index contributed by atoms with van der Waals surface area (Å²) in [6, 6.07) is 7.99. The molecule has 2 fully saturated rings. The number of likely N-dealkylation sites (N-methyl/N-ethyl adjacent to an activating group) is 2. The van der Waals surface area contributed by atoms with Gasteiger partial charge in [0.2, 0.25) is 47.6 Å². The molecule has 4 rings (SSSR count). The number of hydrogen-bond acceptors (Lipinski definition) is 20. The third kappa shape index (κ3) is 24.0. The van der Waals surface area contributed by atoms with E-state index >= 15 is 0 Å². The highest BCUT2D eigenvalue weighted by molar-refractivity contribution is 5.94. The van der Waals surface area contributed by atoms with Crippen LogP contribution in [0.2, 0.25) is 0 Å². The van der Waals surface area contributed by atoms with Gasteiger partial charge in [-0.1, -0.05) is 105 Å². The molecule has 12 N–H and O–H groups in total. The maximum absolute atomic E-state index is 14.9. The minimum atomic E-state index is -2.03. The number of carbonyl (C=O) groups is 9. The molecule has 2 heterocycles. The van der Waals surface area contributed by atoms with Crippen molar-refractivity contribution in [2.24, 2.45) is 34.8 Å². The molecule has 2 aliphatic heterocycles. The molecule has 8 amide bonds. The number of nitrogens with zero attached hydrogens (tertiary/aromatic N) is 3. The van der Waals surface area contributed by atoms with E-state index in [0.717, 1.165) is 4.90 Å².